The van der Waals surface area contributed by atoms with Crippen LogP contribution in [0.4, 0.5) is 5.69 Å². The number of hydrogen-bond acceptors (Lipinski definition) is 3. The molecule has 0 aliphatic heterocycles. The van der Waals surface area contributed by atoms with E-state index >= 15 is 0 Å². The molecule has 1 unspecified atom stereocenters. The maximum atomic E-state index is 11.7. The summed E-state index contributed by atoms with van der Waals surface area (Å²) in [6.07, 6.45) is 2.57. The lowest BCUT2D eigenvalue weighted by molar-refractivity contribution is -0.115. The molecule has 0 spiro atoms. The molecule has 0 fully saturated rings. The number of amides is 1. The predicted molar refractivity (Wildman–Crippen MR) is 83.3 cm³/mol. The average molecular weight is 342 g/mol. The van der Waals surface area contributed by atoms with E-state index in [2.05, 4.69) is 21.2 Å². The van der Waals surface area contributed by atoms with Gasteiger partial charge in [0.1, 0.15) is 0 Å². The number of esters is 1. The Hall–Kier alpha value is -1.36. The van der Waals surface area contributed by atoms with Crippen LogP contribution < -0.4 is 5.32 Å². The highest BCUT2D eigenvalue weighted by Gasteiger charge is 2.12. The third-order valence-corrected chi connectivity index (χ3v) is 3.83. The number of carbonyl (C=O) groups is 2. The molecule has 1 aromatic carbocycles. The van der Waals surface area contributed by atoms with Crippen molar-refractivity contribution in [3.8, 4) is 0 Å². The quantitative estimate of drug-likeness (QED) is 0.466. The van der Waals surface area contributed by atoms with Crippen LogP contribution in [0.25, 0.3) is 0 Å². The zero-order valence-electron chi connectivity index (χ0n) is 11.8. The summed E-state index contributed by atoms with van der Waals surface area (Å²) in [5.41, 5.74) is 1.16. The monoisotopic (exact) mass is 341 g/mol. The van der Waals surface area contributed by atoms with Gasteiger partial charge in [0, 0.05) is 5.69 Å². The Kier molecular flexibility index (Phi) is 7.30. The van der Waals surface area contributed by atoms with E-state index in [0.29, 0.717) is 24.3 Å². The molecular weight excluding hydrogens is 322 g/mol. The molecule has 0 bridgehead atoms. The van der Waals surface area contributed by atoms with E-state index in [1.165, 1.54) is 0 Å². The summed E-state index contributed by atoms with van der Waals surface area (Å²) in [5, 5.41) is 2.77. The number of carbonyl (C=O) groups excluding carboxylic acids is 2. The molecule has 110 valence electrons. The van der Waals surface area contributed by atoms with Gasteiger partial charge in [-0.2, -0.15) is 0 Å². The summed E-state index contributed by atoms with van der Waals surface area (Å²) in [7, 11) is 0. The Balaban J connectivity index is 2.55. The maximum absolute atomic E-state index is 11.7. The first kappa shape index (κ1) is 16.7. The van der Waals surface area contributed by atoms with Crippen LogP contribution in [0.5, 0.6) is 0 Å². The smallest absolute Gasteiger partial charge is 0.338 e. The molecule has 0 aliphatic rings. The van der Waals surface area contributed by atoms with Crippen molar-refractivity contribution in [3.05, 3.63) is 29.8 Å². The fourth-order valence-corrected chi connectivity index (χ4v) is 1.60. The van der Waals surface area contributed by atoms with E-state index in [-0.39, 0.29) is 16.7 Å². The second-order valence-corrected chi connectivity index (χ2v) is 5.54. The first-order valence-electron chi connectivity index (χ1n) is 6.80. The van der Waals surface area contributed by atoms with Crippen LogP contribution in [0.3, 0.4) is 0 Å². The van der Waals surface area contributed by atoms with Crippen LogP contribution in [0.2, 0.25) is 0 Å². The van der Waals surface area contributed by atoms with Crippen molar-refractivity contribution in [2.45, 2.75) is 37.9 Å². The van der Waals surface area contributed by atoms with Crippen LogP contribution in [0, 0.1) is 0 Å². The van der Waals surface area contributed by atoms with Crippen LogP contribution in [-0.4, -0.2) is 23.3 Å². The number of unbranched alkanes of at least 4 members (excludes halogenated alkanes) is 1. The van der Waals surface area contributed by atoms with Gasteiger partial charge < -0.3 is 10.1 Å². The second kappa shape index (κ2) is 8.74. The first-order chi connectivity index (χ1) is 9.58. The van der Waals surface area contributed by atoms with Crippen LogP contribution in [0.15, 0.2) is 24.3 Å². The Bertz CT molecular complexity index is 445. The van der Waals surface area contributed by atoms with Crippen LogP contribution in [-0.2, 0) is 9.53 Å². The van der Waals surface area contributed by atoms with Gasteiger partial charge >= 0.3 is 5.97 Å². The molecule has 0 aliphatic carbocycles. The number of rotatable bonds is 7. The largest absolute Gasteiger partial charge is 0.462 e. The van der Waals surface area contributed by atoms with E-state index in [1.54, 1.807) is 24.3 Å². The molecule has 1 aromatic rings. The molecule has 1 amide bonds. The van der Waals surface area contributed by atoms with Crippen molar-refractivity contribution in [2.75, 3.05) is 11.9 Å². The van der Waals surface area contributed by atoms with Gasteiger partial charge in [0.15, 0.2) is 0 Å². The van der Waals surface area contributed by atoms with Gasteiger partial charge in [0.2, 0.25) is 5.91 Å². The third-order valence-electron chi connectivity index (χ3n) is 2.76. The Labute approximate surface area is 128 Å². The number of ether oxygens (including phenoxy) is 1. The molecule has 1 N–H and O–H groups in total. The number of benzene rings is 1. The van der Waals surface area contributed by atoms with Gasteiger partial charge in [0.25, 0.3) is 0 Å². The number of nitrogens with one attached hydrogen (secondary N) is 1. The lowest BCUT2D eigenvalue weighted by atomic mass is 10.2. The van der Waals surface area contributed by atoms with Crippen molar-refractivity contribution in [2.24, 2.45) is 0 Å². The minimum atomic E-state index is -0.330. The lowest BCUT2D eigenvalue weighted by Crippen LogP contribution is -2.21. The summed E-state index contributed by atoms with van der Waals surface area (Å²) < 4.78 is 5.11. The summed E-state index contributed by atoms with van der Waals surface area (Å²) in [4.78, 5) is 23.2. The zero-order valence-corrected chi connectivity index (χ0v) is 13.4. The molecule has 1 atom stereocenters. The van der Waals surface area contributed by atoms with Gasteiger partial charge in [-0.15, -0.1) is 0 Å². The summed E-state index contributed by atoms with van der Waals surface area (Å²) in [6.45, 7) is 4.41. The SMILES string of the molecule is CCCCOC(=O)c1ccc(NC(=O)C(Br)CC)cc1. The number of alkyl halides is 1. The van der Waals surface area contributed by atoms with E-state index in [9.17, 15) is 9.59 Å². The van der Waals surface area contributed by atoms with Crippen molar-refractivity contribution in [3.63, 3.8) is 0 Å². The number of hydrogen-bond donors (Lipinski definition) is 1. The van der Waals surface area contributed by atoms with E-state index in [0.717, 1.165) is 12.8 Å². The molecule has 0 saturated carbocycles. The van der Waals surface area contributed by atoms with E-state index in [1.807, 2.05) is 13.8 Å². The topological polar surface area (TPSA) is 55.4 Å². The van der Waals surface area contributed by atoms with Crippen molar-refractivity contribution in [1.29, 1.82) is 0 Å². The summed E-state index contributed by atoms with van der Waals surface area (Å²) in [5.74, 6) is -0.422. The summed E-state index contributed by atoms with van der Waals surface area (Å²) >= 11 is 3.29. The van der Waals surface area contributed by atoms with Gasteiger partial charge in [-0.1, -0.05) is 36.2 Å². The molecule has 0 saturated heterocycles. The van der Waals surface area contributed by atoms with Gasteiger partial charge in [-0.3, -0.25) is 4.79 Å². The summed E-state index contributed by atoms with van der Waals surface area (Å²) in [6, 6.07) is 6.70. The van der Waals surface area contributed by atoms with E-state index in [4.69, 9.17) is 4.74 Å². The van der Waals surface area contributed by atoms with Gasteiger partial charge in [0.05, 0.1) is 17.0 Å². The molecular formula is C15H20BrNO3. The van der Waals surface area contributed by atoms with Crippen LogP contribution in [0.1, 0.15) is 43.5 Å². The molecule has 20 heavy (non-hydrogen) atoms. The molecule has 5 heteroatoms. The normalized spacial score (nSPS) is 11.8. The second-order valence-electron chi connectivity index (χ2n) is 4.43. The fourth-order valence-electron chi connectivity index (χ4n) is 1.49. The number of halogens is 1. The molecule has 4 nitrogen and oxygen atoms in total. The first-order valence-corrected chi connectivity index (χ1v) is 7.72. The highest BCUT2D eigenvalue weighted by atomic mass is 79.9. The third kappa shape index (κ3) is 5.33. The highest BCUT2D eigenvalue weighted by molar-refractivity contribution is 9.10. The lowest BCUT2D eigenvalue weighted by Gasteiger charge is -2.09. The molecule has 0 aromatic heterocycles. The van der Waals surface area contributed by atoms with Crippen molar-refractivity contribution in [1.82, 2.24) is 0 Å². The minimum absolute atomic E-state index is 0.0919. The average Bonchev–Trinajstić information content (AvgIpc) is 2.47. The predicted octanol–water partition coefficient (Wildman–Crippen LogP) is 3.76. The van der Waals surface area contributed by atoms with Crippen molar-refractivity contribution < 1.29 is 14.3 Å². The molecule has 1 rings (SSSR count). The molecule has 0 radical (unpaired) electrons. The minimum Gasteiger partial charge on any atom is -0.462 e. The Morgan fingerprint density at radius 3 is 2.45 bits per heavy atom. The molecule has 0 heterocycles. The zero-order chi connectivity index (χ0) is 15.0. The standard InChI is InChI=1S/C15H20BrNO3/c1-3-5-10-20-15(19)11-6-8-12(9-7-11)17-14(18)13(16)4-2/h6-9,13H,3-5,10H2,1-2H3,(H,17,18). The Morgan fingerprint density at radius 1 is 1.25 bits per heavy atom. The van der Waals surface area contributed by atoms with Crippen LogP contribution >= 0.6 is 15.9 Å². The maximum Gasteiger partial charge on any atom is 0.338 e. The van der Waals surface area contributed by atoms with E-state index < -0.39 is 0 Å². The van der Waals surface area contributed by atoms with Gasteiger partial charge in [-0.05, 0) is 37.1 Å². The Morgan fingerprint density at radius 2 is 1.90 bits per heavy atom. The van der Waals surface area contributed by atoms with Gasteiger partial charge in [-0.25, -0.2) is 4.79 Å². The number of anilines is 1. The van der Waals surface area contributed by atoms with Crippen molar-refractivity contribution >= 4 is 33.5 Å². The highest BCUT2D eigenvalue weighted by Crippen LogP contribution is 2.13. The fraction of sp³-hybridized carbons (Fsp3) is 0.467.